The number of anilines is 2. The standard InChI is InChI=1S/C13H25N5/c1-6-8-18(7-2)11-9-10(17-14)15-12(16-11)13(3,4)5/h9H,6-8,14H2,1-5H3,(H,15,16,17). The minimum atomic E-state index is -0.0900. The normalized spacial score (nSPS) is 11.4. The van der Waals surface area contributed by atoms with E-state index < -0.39 is 0 Å². The molecule has 0 atom stereocenters. The number of nitrogen functional groups attached to an aromatic ring is 1. The summed E-state index contributed by atoms with van der Waals surface area (Å²) in [6, 6.07) is 1.90. The Labute approximate surface area is 110 Å². The molecular weight excluding hydrogens is 226 g/mol. The zero-order chi connectivity index (χ0) is 13.8. The lowest BCUT2D eigenvalue weighted by Crippen LogP contribution is -2.27. The lowest BCUT2D eigenvalue weighted by Gasteiger charge is -2.24. The second kappa shape index (κ2) is 6.00. The van der Waals surface area contributed by atoms with E-state index in [1.807, 2.05) is 6.07 Å². The molecule has 0 aromatic carbocycles. The van der Waals surface area contributed by atoms with Crippen LogP contribution in [-0.4, -0.2) is 23.1 Å². The van der Waals surface area contributed by atoms with Crippen LogP contribution in [0.2, 0.25) is 0 Å². The second-order valence-electron chi connectivity index (χ2n) is 5.41. The number of hydrazine groups is 1. The first-order chi connectivity index (χ1) is 8.42. The maximum absolute atomic E-state index is 5.49. The van der Waals surface area contributed by atoms with Gasteiger partial charge in [-0.3, -0.25) is 0 Å². The van der Waals surface area contributed by atoms with Crippen LogP contribution in [0.5, 0.6) is 0 Å². The molecule has 0 spiro atoms. The number of hydrogen-bond acceptors (Lipinski definition) is 5. The predicted octanol–water partition coefficient (Wildman–Crippen LogP) is 2.30. The van der Waals surface area contributed by atoms with Crippen LogP contribution in [0.4, 0.5) is 11.6 Å². The quantitative estimate of drug-likeness (QED) is 0.621. The van der Waals surface area contributed by atoms with Crippen LogP contribution in [0.15, 0.2) is 6.07 Å². The fourth-order valence-corrected chi connectivity index (χ4v) is 1.71. The molecule has 102 valence electrons. The summed E-state index contributed by atoms with van der Waals surface area (Å²) in [5, 5.41) is 0. The topological polar surface area (TPSA) is 67.1 Å². The van der Waals surface area contributed by atoms with Crippen molar-refractivity contribution in [2.45, 2.75) is 46.5 Å². The molecule has 0 bridgehead atoms. The van der Waals surface area contributed by atoms with Crippen LogP contribution >= 0.6 is 0 Å². The summed E-state index contributed by atoms with van der Waals surface area (Å²) < 4.78 is 0. The SMILES string of the molecule is CCCN(CC)c1cc(NN)nc(C(C)(C)C)n1. The van der Waals surface area contributed by atoms with Gasteiger partial charge in [-0.25, -0.2) is 15.8 Å². The molecule has 0 aliphatic rings. The molecule has 0 saturated carbocycles. The first-order valence-electron chi connectivity index (χ1n) is 6.53. The molecule has 1 heterocycles. The Morgan fingerprint density at radius 1 is 1.28 bits per heavy atom. The average Bonchev–Trinajstić information content (AvgIpc) is 2.34. The molecule has 3 N–H and O–H groups in total. The van der Waals surface area contributed by atoms with E-state index in [0.29, 0.717) is 5.82 Å². The van der Waals surface area contributed by atoms with Gasteiger partial charge in [0.05, 0.1) is 0 Å². The molecule has 0 unspecified atom stereocenters. The van der Waals surface area contributed by atoms with Crippen molar-refractivity contribution in [1.29, 1.82) is 0 Å². The molecule has 0 aliphatic heterocycles. The van der Waals surface area contributed by atoms with E-state index in [2.05, 4.69) is 54.9 Å². The molecule has 0 radical (unpaired) electrons. The van der Waals surface area contributed by atoms with Crippen molar-refractivity contribution in [3.63, 3.8) is 0 Å². The highest BCUT2D eigenvalue weighted by Gasteiger charge is 2.20. The second-order valence-corrected chi connectivity index (χ2v) is 5.41. The van der Waals surface area contributed by atoms with Crippen LogP contribution in [0.1, 0.15) is 46.9 Å². The van der Waals surface area contributed by atoms with Crippen LogP contribution in [-0.2, 0) is 5.41 Å². The van der Waals surface area contributed by atoms with Gasteiger partial charge in [0.25, 0.3) is 0 Å². The van der Waals surface area contributed by atoms with Crippen molar-refractivity contribution in [2.24, 2.45) is 5.84 Å². The number of rotatable bonds is 5. The number of hydrogen-bond donors (Lipinski definition) is 2. The molecule has 0 saturated heterocycles. The molecule has 1 aromatic rings. The molecule has 0 fully saturated rings. The predicted molar refractivity (Wildman–Crippen MR) is 76.7 cm³/mol. The molecule has 1 rings (SSSR count). The lowest BCUT2D eigenvalue weighted by atomic mass is 9.96. The highest BCUT2D eigenvalue weighted by atomic mass is 15.3. The maximum atomic E-state index is 5.49. The van der Waals surface area contributed by atoms with Gasteiger partial charge in [-0.2, -0.15) is 0 Å². The fraction of sp³-hybridized carbons (Fsp3) is 0.692. The third-order valence-corrected chi connectivity index (χ3v) is 2.73. The van der Waals surface area contributed by atoms with Crippen LogP contribution in [0, 0.1) is 0 Å². The Kier molecular flexibility index (Phi) is 4.90. The monoisotopic (exact) mass is 251 g/mol. The van der Waals surface area contributed by atoms with Gasteiger partial charge in [0.2, 0.25) is 0 Å². The summed E-state index contributed by atoms with van der Waals surface area (Å²) in [7, 11) is 0. The first-order valence-corrected chi connectivity index (χ1v) is 6.53. The summed E-state index contributed by atoms with van der Waals surface area (Å²) in [6.45, 7) is 12.5. The molecule has 1 aromatic heterocycles. The van der Waals surface area contributed by atoms with Crippen molar-refractivity contribution in [2.75, 3.05) is 23.4 Å². The maximum Gasteiger partial charge on any atom is 0.145 e. The van der Waals surface area contributed by atoms with E-state index in [1.54, 1.807) is 0 Å². The Morgan fingerprint density at radius 2 is 1.94 bits per heavy atom. The minimum Gasteiger partial charge on any atom is -0.357 e. The van der Waals surface area contributed by atoms with Crippen LogP contribution < -0.4 is 16.2 Å². The zero-order valence-electron chi connectivity index (χ0n) is 12.1. The number of aromatic nitrogens is 2. The largest absolute Gasteiger partial charge is 0.357 e. The third-order valence-electron chi connectivity index (χ3n) is 2.73. The van der Waals surface area contributed by atoms with E-state index in [0.717, 1.165) is 31.2 Å². The Balaban J connectivity index is 3.18. The third kappa shape index (κ3) is 3.57. The van der Waals surface area contributed by atoms with Crippen molar-refractivity contribution >= 4 is 11.6 Å². The lowest BCUT2D eigenvalue weighted by molar-refractivity contribution is 0.544. The van der Waals surface area contributed by atoms with Gasteiger partial charge in [-0.05, 0) is 13.3 Å². The number of nitrogens with two attached hydrogens (primary N) is 1. The minimum absolute atomic E-state index is 0.0900. The zero-order valence-corrected chi connectivity index (χ0v) is 12.1. The summed E-state index contributed by atoms with van der Waals surface area (Å²) in [5.41, 5.74) is 2.53. The van der Waals surface area contributed by atoms with E-state index >= 15 is 0 Å². The Morgan fingerprint density at radius 3 is 2.39 bits per heavy atom. The molecule has 0 amide bonds. The van der Waals surface area contributed by atoms with Crippen LogP contribution in [0.3, 0.4) is 0 Å². The molecule has 0 aliphatic carbocycles. The van der Waals surface area contributed by atoms with Gasteiger partial charge in [-0.1, -0.05) is 27.7 Å². The van der Waals surface area contributed by atoms with E-state index in [4.69, 9.17) is 5.84 Å². The summed E-state index contributed by atoms with van der Waals surface area (Å²) in [5.74, 6) is 7.90. The number of nitrogens with one attached hydrogen (secondary N) is 1. The van der Waals surface area contributed by atoms with Gasteiger partial charge in [-0.15, -0.1) is 0 Å². The highest BCUT2D eigenvalue weighted by Crippen LogP contribution is 2.23. The Hall–Kier alpha value is -1.36. The van der Waals surface area contributed by atoms with Gasteiger partial charge in [0.15, 0.2) is 0 Å². The molecule has 5 heteroatoms. The highest BCUT2D eigenvalue weighted by molar-refractivity contribution is 5.49. The van der Waals surface area contributed by atoms with Gasteiger partial charge in [0, 0.05) is 24.6 Å². The van der Waals surface area contributed by atoms with Gasteiger partial charge in [0.1, 0.15) is 17.5 Å². The number of nitrogens with zero attached hydrogens (tertiary/aromatic N) is 3. The van der Waals surface area contributed by atoms with E-state index in [1.165, 1.54) is 0 Å². The van der Waals surface area contributed by atoms with Gasteiger partial charge >= 0.3 is 0 Å². The van der Waals surface area contributed by atoms with E-state index in [9.17, 15) is 0 Å². The van der Waals surface area contributed by atoms with Crippen molar-refractivity contribution in [1.82, 2.24) is 9.97 Å². The Bertz CT molecular complexity index is 383. The summed E-state index contributed by atoms with van der Waals surface area (Å²) >= 11 is 0. The van der Waals surface area contributed by atoms with E-state index in [-0.39, 0.29) is 5.41 Å². The first kappa shape index (κ1) is 14.7. The summed E-state index contributed by atoms with van der Waals surface area (Å²) in [4.78, 5) is 11.3. The van der Waals surface area contributed by atoms with Gasteiger partial charge < -0.3 is 10.3 Å². The molecule has 18 heavy (non-hydrogen) atoms. The summed E-state index contributed by atoms with van der Waals surface area (Å²) in [6.07, 6.45) is 1.09. The van der Waals surface area contributed by atoms with Crippen molar-refractivity contribution in [3.05, 3.63) is 11.9 Å². The van der Waals surface area contributed by atoms with Crippen molar-refractivity contribution < 1.29 is 0 Å². The molecule has 5 nitrogen and oxygen atoms in total. The average molecular weight is 251 g/mol. The smallest absolute Gasteiger partial charge is 0.145 e. The van der Waals surface area contributed by atoms with Crippen LogP contribution in [0.25, 0.3) is 0 Å². The molecular formula is C13H25N5. The fourth-order valence-electron chi connectivity index (χ4n) is 1.71. The van der Waals surface area contributed by atoms with Crippen molar-refractivity contribution in [3.8, 4) is 0 Å².